The minimum atomic E-state index is -0.0308. The van der Waals surface area contributed by atoms with E-state index in [-0.39, 0.29) is 5.78 Å². The molecule has 0 bridgehead atoms. The summed E-state index contributed by atoms with van der Waals surface area (Å²) in [6.07, 6.45) is 4.15. The summed E-state index contributed by atoms with van der Waals surface area (Å²) in [4.78, 5) is 16.3. The van der Waals surface area contributed by atoms with Crippen LogP contribution in [0, 0.1) is 0 Å². The number of pyridine rings is 1. The van der Waals surface area contributed by atoms with E-state index in [1.165, 1.54) is 5.56 Å². The zero-order valence-corrected chi connectivity index (χ0v) is 11.2. The van der Waals surface area contributed by atoms with Gasteiger partial charge in [0.25, 0.3) is 0 Å². The number of nitrogens with zero attached hydrogens (tertiary/aromatic N) is 1. The van der Waals surface area contributed by atoms with Crippen LogP contribution in [0.3, 0.4) is 0 Å². The molecule has 0 aliphatic rings. The molecule has 19 heavy (non-hydrogen) atoms. The van der Waals surface area contributed by atoms with E-state index in [0.29, 0.717) is 23.5 Å². The lowest BCUT2D eigenvalue weighted by Gasteiger charge is -2.05. The number of carbonyl (C=O) groups is 1. The predicted molar refractivity (Wildman–Crippen MR) is 74.7 cm³/mol. The summed E-state index contributed by atoms with van der Waals surface area (Å²) in [5, 5.41) is 0. The molecule has 0 saturated carbocycles. The SMILES string of the molecule is CCOc1cncc(C(=O)c2ccc(CC)cc2)c1. The van der Waals surface area contributed by atoms with Gasteiger partial charge in [0.15, 0.2) is 5.78 Å². The van der Waals surface area contributed by atoms with Crippen LogP contribution in [0.1, 0.15) is 35.3 Å². The van der Waals surface area contributed by atoms with Gasteiger partial charge >= 0.3 is 0 Å². The normalized spacial score (nSPS) is 10.2. The molecule has 0 atom stereocenters. The van der Waals surface area contributed by atoms with Gasteiger partial charge in [-0.1, -0.05) is 31.2 Å². The van der Waals surface area contributed by atoms with Crippen LogP contribution in [-0.4, -0.2) is 17.4 Å². The maximum Gasteiger partial charge on any atom is 0.194 e. The first-order chi connectivity index (χ1) is 9.24. The van der Waals surface area contributed by atoms with Crippen molar-refractivity contribution >= 4 is 5.78 Å². The van der Waals surface area contributed by atoms with Crippen molar-refractivity contribution in [2.75, 3.05) is 6.61 Å². The van der Waals surface area contributed by atoms with E-state index in [1.54, 1.807) is 18.5 Å². The number of rotatable bonds is 5. The first-order valence-corrected chi connectivity index (χ1v) is 6.46. The van der Waals surface area contributed by atoms with Gasteiger partial charge in [-0.15, -0.1) is 0 Å². The van der Waals surface area contributed by atoms with Gasteiger partial charge in [0.05, 0.1) is 12.8 Å². The van der Waals surface area contributed by atoms with Gasteiger partial charge in [0.2, 0.25) is 0 Å². The lowest BCUT2D eigenvalue weighted by Crippen LogP contribution is -2.03. The quantitative estimate of drug-likeness (QED) is 0.770. The molecule has 1 heterocycles. The highest BCUT2D eigenvalue weighted by molar-refractivity contribution is 6.08. The van der Waals surface area contributed by atoms with Gasteiger partial charge in [-0.05, 0) is 25.0 Å². The zero-order valence-electron chi connectivity index (χ0n) is 11.2. The molecule has 0 unspecified atom stereocenters. The number of carbonyl (C=O) groups excluding carboxylic acids is 1. The van der Waals surface area contributed by atoms with E-state index < -0.39 is 0 Å². The lowest BCUT2D eigenvalue weighted by molar-refractivity contribution is 0.103. The Morgan fingerprint density at radius 3 is 2.47 bits per heavy atom. The maximum atomic E-state index is 12.3. The molecular formula is C16H17NO2. The number of ether oxygens (including phenoxy) is 1. The molecule has 0 radical (unpaired) electrons. The third-order valence-corrected chi connectivity index (χ3v) is 2.91. The van der Waals surface area contributed by atoms with E-state index in [9.17, 15) is 4.79 Å². The number of aryl methyl sites for hydroxylation is 1. The molecule has 0 aliphatic carbocycles. The molecule has 0 saturated heterocycles. The van der Waals surface area contributed by atoms with Crippen LogP contribution < -0.4 is 4.74 Å². The Morgan fingerprint density at radius 2 is 1.84 bits per heavy atom. The second-order valence-corrected chi connectivity index (χ2v) is 4.22. The number of benzene rings is 1. The fourth-order valence-electron chi connectivity index (χ4n) is 1.85. The monoisotopic (exact) mass is 255 g/mol. The van der Waals surface area contributed by atoms with Crippen molar-refractivity contribution in [1.29, 1.82) is 0 Å². The van der Waals surface area contributed by atoms with Crippen LogP contribution in [-0.2, 0) is 6.42 Å². The Balaban J connectivity index is 2.24. The maximum absolute atomic E-state index is 12.3. The van der Waals surface area contributed by atoms with E-state index in [0.717, 1.165) is 6.42 Å². The number of hydrogen-bond donors (Lipinski definition) is 0. The first kappa shape index (κ1) is 13.3. The van der Waals surface area contributed by atoms with Crippen molar-refractivity contribution in [3.05, 3.63) is 59.4 Å². The molecular weight excluding hydrogens is 238 g/mol. The van der Waals surface area contributed by atoms with Crippen LogP contribution >= 0.6 is 0 Å². The molecule has 0 amide bonds. The van der Waals surface area contributed by atoms with Crippen molar-refractivity contribution in [3.8, 4) is 5.75 Å². The van der Waals surface area contributed by atoms with Crippen molar-refractivity contribution in [3.63, 3.8) is 0 Å². The molecule has 0 fully saturated rings. The van der Waals surface area contributed by atoms with Gasteiger partial charge in [0.1, 0.15) is 5.75 Å². The molecule has 3 nitrogen and oxygen atoms in total. The Kier molecular flexibility index (Phi) is 4.29. The fourth-order valence-corrected chi connectivity index (χ4v) is 1.85. The van der Waals surface area contributed by atoms with Gasteiger partial charge in [0, 0.05) is 17.3 Å². The van der Waals surface area contributed by atoms with Crippen molar-refractivity contribution in [1.82, 2.24) is 4.98 Å². The third-order valence-electron chi connectivity index (χ3n) is 2.91. The van der Waals surface area contributed by atoms with E-state index in [4.69, 9.17) is 4.74 Å². The summed E-state index contributed by atoms with van der Waals surface area (Å²) in [6, 6.07) is 9.40. The summed E-state index contributed by atoms with van der Waals surface area (Å²) in [5.74, 6) is 0.593. The summed E-state index contributed by atoms with van der Waals surface area (Å²) >= 11 is 0. The second kappa shape index (κ2) is 6.14. The Labute approximate surface area is 113 Å². The number of aromatic nitrogens is 1. The van der Waals surface area contributed by atoms with E-state index in [1.807, 2.05) is 31.2 Å². The molecule has 2 aromatic rings. The zero-order chi connectivity index (χ0) is 13.7. The van der Waals surface area contributed by atoms with Gasteiger partial charge in [-0.25, -0.2) is 0 Å². The summed E-state index contributed by atoms with van der Waals surface area (Å²) in [5.41, 5.74) is 2.44. The largest absolute Gasteiger partial charge is 0.492 e. The van der Waals surface area contributed by atoms with Crippen LogP contribution in [0.15, 0.2) is 42.7 Å². The highest BCUT2D eigenvalue weighted by Gasteiger charge is 2.10. The highest BCUT2D eigenvalue weighted by Crippen LogP contribution is 2.15. The average Bonchev–Trinajstić information content (AvgIpc) is 2.47. The van der Waals surface area contributed by atoms with Crippen molar-refractivity contribution in [2.24, 2.45) is 0 Å². The second-order valence-electron chi connectivity index (χ2n) is 4.22. The van der Waals surface area contributed by atoms with E-state index >= 15 is 0 Å². The third kappa shape index (κ3) is 3.19. The van der Waals surface area contributed by atoms with Crippen molar-refractivity contribution < 1.29 is 9.53 Å². The number of hydrogen-bond acceptors (Lipinski definition) is 3. The molecule has 1 aromatic heterocycles. The minimum Gasteiger partial charge on any atom is -0.492 e. The fraction of sp³-hybridized carbons (Fsp3) is 0.250. The van der Waals surface area contributed by atoms with Crippen LogP contribution in [0.5, 0.6) is 5.75 Å². The minimum absolute atomic E-state index is 0.0308. The molecule has 0 aliphatic heterocycles. The molecule has 98 valence electrons. The van der Waals surface area contributed by atoms with Crippen molar-refractivity contribution in [2.45, 2.75) is 20.3 Å². The van der Waals surface area contributed by atoms with Gasteiger partial charge < -0.3 is 4.74 Å². The van der Waals surface area contributed by atoms with Gasteiger partial charge in [-0.2, -0.15) is 0 Å². The topological polar surface area (TPSA) is 39.2 Å². The standard InChI is InChI=1S/C16H17NO2/c1-3-12-5-7-13(8-6-12)16(18)14-9-15(19-4-2)11-17-10-14/h5-11H,3-4H2,1-2H3. The van der Waals surface area contributed by atoms with Gasteiger partial charge in [-0.3, -0.25) is 9.78 Å². The van der Waals surface area contributed by atoms with Crippen LogP contribution in [0.25, 0.3) is 0 Å². The smallest absolute Gasteiger partial charge is 0.194 e. The number of ketones is 1. The average molecular weight is 255 g/mol. The molecule has 0 N–H and O–H groups in total. The predicted octanol–water partition coefficient (Wildman–Crippen LogP) is 3.27. The Morgan fingerprint density at radius 1 is 1.11 bits per heavy atom. The van der Waals surface area contributed by atoms with Crippen LogP contribution in [0.2, 0.25) is 0 Å². The first-order valence-electron chi connectivity index (χ1n) is 6.46. The Hall–Kier alpha value is -2.16. The molecule has 0 spiro atoms. The molecule has 2 rings (SSSR count). The van der Waals surface area contributed by atoms with Crippen LogP contribution in [0.4, 0.5) is 0 Å². The summed E-state index contributed by atoms with van der Waals surface area (Å²) in [7, 11) is 0. The van der Waals surface area contributed by atoms with E-state index in [2.05, 4.69) is 11.9 Å². The summed E-state index contributed by atoms with van der Waals surface area (Å²) in [6.45, 7) is 4.55. The lowest BCUT2D eigenvalue weighted by atomic mass is 10.0. The summed E-state index contributed by atoms with van der Waals surface area (Å²) < 4.78 is 5.35. The Bertz CT molecular complexity index is 561. The molecule has 3 heteroatoms. The molecule has 1 aromatic carbocycles. The highest BCUT2D eigenvalue weighted by atomic mass is 16.5.